The van der Waals surface area contributed by atoms with E-state index in [1.807, 2.05) is 0 Å². The van der Waals surface area contributed by atoms with Crippen LogP contribution in [0.15, 0.2) is 18.7 Å². The Morgan fingerprint density at radius 1 is 1.25 bits per heavy atom. The molecule has 0 aromatic carbocycles. The van der Waals surface area contributed by atoms with E-state index in [0.29, 0.717) is 37.6 Å². The Bertz CT molecular complexity index is 517. The van der Waals surface area contributed by atoms with Gasteiger partial charge in [0.1, 0.15) is 6.33 Å². The minimum Gasteiger partial charge on any atom is -0.394 e. The van der Waals surface area contributed by atoms with Crippen molar-refractivity contribution >= 4 is 11.9 Å². The molecule has 0 bridgehead atoms. The maximum atomic E-state index is 8.60. The lowest BCUT2D eigenvalue weighted by molar-refractivity contribution is 0.0991. The Balaban J connectivity index is 2.03. The van der Waals surface area contributed by atoms with Gasteiger partial charge in [-0.3, -0.25) is 4.57 Å². The average Bonchev–Trinajstić information content (AvgIpc) is 3.01. The first kappa shape index (κ1) is 14.2. The molecule has 0 unspecified atom stereocenters. The van der Waals surface area contributed by atoms with Crippen LogP contribution in [0.2, 0.25) is 0 Å². The minimum atomic E-state index is 0.0143. The van der Waals surface area contributed by atoms with E-state index < -0.39 is 0 Å². The van der Waals surface area contributed by atoms with Gasteiger partial charge < -0.3 is 20.5 Å². The van der Waals surface area contributed by atoms with Crippen molar-refractivity contribution in [2.24, 2.45) is 0 Å². The molecule has 2 aromatic heterocycles. The summed E-state index contributed by atoms with van der Waals surface area (Å²) in [5, 5.41) is 14.5. The first-order valence-electron chi connectivity index (χ1n) is 6.18. The smallest absolute Gasteiger partial charge is 0.241 e. The summed E-state index contributed by atoms with van der Waals surface area (Å²) in [6, 6.07) is 0. The number of ether oxygens (including phenoxy) is 1. The van der Waals surface area contributed by atoms with E-state index in [1.54, 1.807) is 30.3 Å². The number of nitrogens with zero attached hydrogens (tertiary/aromatic N) is 5. The van der Waals surface area contributed by atoms with Gasteiger partial charge in [0.2, 0.25) is 17.8 Å². The van der Waals surface area contributed by atoms with Crippen molar-refractivity contribution in [3.63, 3.8) is 0 Å². The molecule has 2 aromatic rings. The fraction of sp³-hybridized carbons (Fsp3) is 0.455. The van der Waals surface area contributed by atoms with Crippen molar-refractivity contribution in [1.29, 1.82) is 0 Å². The van der Waals surface area contributed by atoms with Gasteiger partial charge >= 0.3 is 0 Å². The molecule has 0 radical (unpaired) electrons. The zero-order valence-corrected chi connectivity index (χ0v) is 11.2. The van der Waals surface area contributed by atoms with Crippen LogP contribution < -0.4 is 10.6 Å². The number of nitrogens with one attached hydrogen (secondary N) is 2. The third-order valence-corrected chi connectivity index (χ3v) is 2.35. The number of hydrogen-bond donors (Lipinski definition) is 3. The van der Waals surface area contributed by atoms with E-state index in [2.05, 4.69) is 30.6 Å². The second-order valence-corrected chi connectivity index (χ2v) is 3.77. The molecule has 0 spiro atoms. The molecule has 20 heavy (non-hydrogen) atoms. The van der Waals surface area contributed by atoms with Crippen LogP contribution in [0.5, 0.6) is 0 Å². The predicted molar refractivity (Wildman–Crippen MR) is 72.9 cm³/mol. The summed E-state index contributed by atoms with van der Waals surface area (Å²) in [4.78, 5) is 16.7. The molecular formula is C11H17N7O2. The van der Waals surface area contributed by atoms with E-state index in [4.69, 9.17) is 9.84 Å². The second-order valence-electron chi connectivity index (χ2n) is 3.77. The molecule has 2 heterocycles. The van der Waals surface area contributed by atoms with Gasteiger partial charge in [0.15, 0.2) is 0 Å². The number of anilines is 2. The highest BCUT2D eigenvalue weighted by Crippen LogP contribution is 2.08. The van der Waals surface area contributed by atoms with Crippen molar-refractivity contribution in [2.75, 3.05) is 44.0 Å². The van der Waals surface area contributed by atoms with Crippen molar-refractivity contribution < 1.29 is 9.84 Å². The molecule has 9 heteroatoms. The van der Waals surface area contributed by atoms with Crippen molar-refractivity contribution in [2.45, 2.75) is 0 Å². The van der Waals surface area contributed by atoms with Gasteiger partial charge in [0, 0.05) is 26.0 Å². The fourth-order valence-electron chi connectivity index (χ4n) is 1.45. The van der Waals surface area contributed by atoms with Crippen molar-refractivity contribution in [3.05, 3.63) is 18.7 Å². The van der Waals surface area contributed by atoms with Crippen LogP contribution in [0.25, 0.3) is 5.95 Å². The third kappa shape index (κ3) is 3.87. The van der Waals surface area contributed by atoms with E-state index in [0.717, 1.165) is 0 Å². The van der Waals surface area contributed by atoms with Crippen LogP contribution in [-0.2, 0) is 4.74 Å². The second kappa shape index (κ2) is 7.36. The van der Waals surface area contributed by atoms with E-state index in [9.17, 15) is 0 Å². The van der Waals surface area contributed by atoms with Gasteiger partial charge in [0.05, 0.1) is 19.8 Å². The average molecular weight is 279 g/mol. The molecule has 0 atom stereocenters. The maximum Gasteiger partial charge on any atom is 0.241 e. The monoisotopic (exact) mass is 279 g/mol. The molecule has 0 fully saturated rings. The third-order valence-electron chi connectivity index (χ3n) is 2.35. The zero-order chi connectivity index (χ0) is 14.2. The molecule has 0 saturated heterocycles. The standard InChI is InChI=1S/C11H17N7O2/c1-12-9-15-10(14-3-6-20-7-5-19)17-11(16-9)18-4-2-13-8-18/h2,4,8,19H,3,5-7H2,1H3,(H2,12,14,15,16,17). The first-order chi connectivity index (χ1) is 9.83. The number of imidazole rings is 1. The molecule has 108 valence electrons. The van der Waals surface area contributed by atoms with Crippen LogP contribution in [0.4, 0.5) is 11.9 Å². The number of aromatic nitrogens is 5. The largest absolute Gasteiger partial charge is 0.394 e. The van der Waals surface area contributed by atoms with Crippen LogP contribution in [0.3, 0.4) is 0 Å². The predicted octanol–water partition coefficient (Wildman–Crippen LogP) is -0.480. The van der Waals surface area contributed by atoms with Gasteiger partial charge in [-0.15, -0.1) is 0 Å². The van der Waals surface area contributed by atoms with Crippen LogP contribution in [-0.4, -0.2) is 63.0 Å². The summed E-state index contributed by atoms with van der Waals surface area (Å²) in [6.07, 6.45) is 5.02. The van der Waals surface area contributed by atoms with Crippen LogP contribution >= 0.6 is 0 Å². The van der Waals surface area contributed by atoms with E-state index >= 15 is 0 Å². The minimum absolute atomic E-state index is 0.0143. The molecule has 2 rings (SSSR count). The van der Waals surface area contributed by atoms with Gasteiger partial charge in [-0.25, -0.2) is 4.98 Å². The van der Waals surface area contributed by atoms with Crippen LogP contribution in [0.1, 0.15) is 0 Å². The molecule has 9 nitrogen and oxygen atoms in total. The van der Waals surface area contributed by atoms with Gasteiger partial charge in [0.25, 0.3) is 0 Å². The van der Waals surface area contributed by atoms with Crippen LogP contribution in [0, 0.1) is 0 Å². The van der Waals surface area contributed by atoms with Gasteiger partial charge in [-0.05, 0) is 0 Å². The highest BCUT2D eigenvalue weighted by molar-refractivity contribution is 5.37. The normalized spacial score (nSPS) is 10.5. The van der Waals surface area contributed by atoms with E-state index in [1.165, 1.54) is 0 Å². The number of rotatable bonds is 8. The number of aliphatic hydroxyl groups excluding tert-OH is 1. The quantitative estimate of drug-likeness (QED) is 0.556. The maximum absolute atomic E-state index is 8.60. The Hall–Kier alpha value is -2.26. The van der Waals surface area contributed by atoms with Gasteiger partial charge in [-0.1, -0.05) is 0 Å². The highest BCUT2D eigenvalue weighted by atomic mass is 16.5. The molecule has 3 N–H and O–H groups in total. The Morgan fingerprint density at radius 2 is 2.10 bits per heavy atom. The summed E-state index contributed by atoms with van der Waals surface area (Å²) in [7, 11) is 1.74. The highest BCUT2D eigenvalue weighted by Gasteiger charge is 2.06. The Labute approximate surface area is 116 Å². The molecule has 0 aliphatic rings. The summed E-state index contributed by atoms with van der Waals surface area (Å²) >= 11 is 0. The molecule has 0 aliphatic heterocycles. The Kier molecular flexibility index (Phi) is 5.21. The fourth-order valence-corrected chi connectivity index (χ4v) is 1.45. The lowest BCUT2D eigenvalue weighted by atomic mass is 10.6. The molecule has 0 amide bonds. The lowest BCUT2D eigenvalue weighted by Gasteiger charge is -2.08. The number of aliphatic hydroxyl groups is 1. The van der Waals surface area contributed by atoms with Crippen molar-refractivity contribution in [3.8, 4) is 5.95 Å². The Morgan fingerprint density at radius 3 is 2.80 bits per heavy atom. The van der Waals surface area contributed by atoms with Crippen molar-refractivity contribution in [1.82, 2.24) is 24.5 Å². The first-order valence-corrected chi connectivity index (χ1v) is 6.18. The topological polar surface area (TPSA) is 110 Å². The summed E-state index contributed by atoms with van der Waals surface area (Å²) < 4.78 is 6.84. The summed E-state index contributed by atoms with van der Waals surface area (Å²) in [5.74, 6) is 1.38. The summed E-state index contributed by atoms with van der Waals surface area (Å²) in [6.45, 7) is 1.33. The molecule has 0 saturated carbocycles. The zero-order valence-electron chi connectivity index (χ0n) is 11.2. The lowest BCUT2D eigenvalue weighted by Crippen LogP contribution is -2.15. The van der Waals surface area contributed by atoms with Gasteiger partial charge in [-0.2, -0.15) is 15.0 Å². The molecule has 0 aliphatic carbocycles. The SMILES string of the molecule is CNc1nc(NCCOCCO)nc(-n2ccnc2)n1. The summed E-state index contributed by atoms with van der Waals surface area (Å²) in [5.41, 5.74) is 0. The van der Waals surface area contributed by atoms with E-state index in [-0.39, 0.29) is 6.61 Å². The number of hydrogen-bond acceptors (Lipinski definition) is 8. The molecular weight excluding hydrogens is 262 g/mol.